The molecule has 1 heterocycles. The molecule has 6 nitrogen and oxygen atoms in total. The number of ether oxygens (including phenoxy) is 1. The van der Waals surface area contributed by atoms with Gasteiger partial charge in [-0.25, -0.2) is 9.69 Å². The standard InChI is InChI=1S/C11H12N2O4/c1-17-9-4-2-8(3-5-9)12-6-10(15)13(7-14)11(12)16/h2-5,14H,6-7H2,1H3. The Balaban J connectivity index is 2.23. The van der Waals surface area contributed by atoms with E-state index < -0.39 is 18.7 Å². The largest absolute Gasteiger partial charge is 0.497 e. The van der Waals surface area contributed by atoms with Crippen LogP contribution in [0.4, 0.5) is 10.5 Å². The van der Waals surface area contributed by atoms with Crippen molar-refractivity contribution in [1.29, 1.82) is 0 Å². The molecule has 1 aliphatic rings. The van der Waals surface area contributed by atoms with Gasteiger partial charge < -0.3 is 9.84 Å². The molecule has 0 saturated carbocycles. The number of carbonyl (C=O) groups is 2. The third-order valence-corrected chi connectivity index (χ3v) is 2.58. The van der Waals surface area contributed by atoms with Gasteiger partial charge in [0.15, 0.2) is 0 Å². The van der Waals surface area contributed by atoms with Crippen molar-refractivity contribution in [1.82, 2.24) is 4.90 Å². The summed E-state index contributed by atoms with van der Waals surface area (Å²) in [5, 5.41) is 8.89. The topological polar surface area (TPSA) is 70.1 Å². The van der Waals surface area contributed by atoms with Crippen LogP contribution >= 0.6 is 0 Å². The lowest BCUT2D eigenvalue weighted by atomic mass is 10.3. The van der Waals surface area contributed by atoms with Crippen LogP contribution < -0.4 is 9.64 Å². The zero-order valence-electron chi connectivity index (χ0n) is 9.29. The molecule has 0 spiro atoms. The lowest BCUT2D eigenvalue weighted by molar-refractivity contribution is -0.127. The fourth-order valence-electron chi connectivity index (χ4n) is 1.64. The second-order valence-corrected chi connectivity index (χ2v) is 3.53. The summed E-state index contributed by atoms with van der Waals surface area (Å²) in [7, 11) is 1.55. The summed E-state index contributed by atoms with van der Waals surface area (Å²) >= 11 is 0. The molecule has 0 aromatic heterocycles. The fourth-order valence-corrected chi connectivity index (χ4v) is 1.64. The van der Waals surface area contributed by atoms with Crippen LogP contribution in [-0.2, 0) is 4.79 Å². The molecule has 0 bridgehead atoms. The molecule has 0 atom stereocenters. The number of aliphatic hydroxyl groups excluding tert-OH is 1. The highest BCUT2D eigenvalue weighted by molar-refractivity contribution is 6.12. The van der Waals surface area contributed by atoms with Crippen molar-refractivity contribution in [3.05, 3.63) is 24.3 Å². The van der Waals surface area contributed by atoms with Gasteiger partial charge >= 0.3 is 6.03 Å². The van der Waals surface area contributed by atoms with Crippen LogP contribution in [0.5, 0.6) is 5.75 Å². The molecule has 1 aliphatic heterocycles. The Labute approximate surface area is 98.0 Å². The van der Waals surface area contributed by atoms with Crippen LogP contribution in [0.3, 0.4) is 0 Å². The van der Waals surface area contributed by atoms with Crippen molar-refractivity contribution in [3.8, 4) is 5.75 Å². The molecule has 1 fully saturated rings. The first kappa shape index (κ1) is 11.4. The minimum atomic E-state index is -0.593. The Kier molecular flexibility index (Phi) is 2.97. The quantitative estimate of drug-likeness (QED) is 0.772. The number of carbonyl (C=O) groups excluding carboxylic acids is 2. The van der Waals surface area contributed by atoms with E-state index in [2.05, 4.69) is 0 Å². The Morgan fingerprint density at radius 3 is 2.41 bits per heavy atom. The Bertz CT molecular complexity index is 443. The zero-order valence-corrected chi connectivity index (χ0v) is 9.29. The highest BCUT2D eigenvalue weighted by Gasteiger charge is 2.36. The minimum Gasteiger partial charge on any atom is -0.497 e. The van der Waals surface area contributed by atoms with E-state index in [9.17, 15) is 9.59 Å². The fraction of sp³-hybridized carbons (Fsp3) is 0.273. The number of amides is 3. The van der Waals surface area contributed by atoms with Gasteiger partial charge in [-0.2, -0.15) is 0 Å². The number of hydrogen-bond acceptors (Lipinski definition) is 4. The first-order chi connectivity index (χ1) is 8.17. The van der Waals surface area contributed by atoms with E-state index in [-0.39, 0.29) is 6.54 Å². The van der Waals surface area contributed by atoms with Crippen LogP contribution in [0.2, 0.25) is 0 Å². The van der Waals surface area contributed by atoms with Crippen molar-refractivity contribution in [3.63, 3.8) is 0 Å². The summed E-state index contributed by atoms with van der Waals surface area (Å²) < 4.78 is 5.00. The Morgan fingerprint density at radius 2 is 1.94 bits per heavy atom. The maximum atomic E-state index is 11.7. The van der Waals surface area contributed by atoms with Gasteiger partial charge in [0.2, 0.25) is 0 Å². The van der Waals surface area contributed by atoms with Gasteiger partial charge in [0.25, 0.3) is 5.91 Å². The number of imide groups is 1. The summed E-state index contributed by atoms with van der Waals surface area (Å²) in [5.74, 6) is 0.263. The number of hydrogen-bond donors (Lipinski definition) is 1. The molecule has 90 valence electrons. The monoisotopic (exact) mass is 236 g/mol. The molecule has 2 rings (SSSR count). The van der Waals surface area contributed by atoms with E-state index in [4.69, 9.17) is 9.84 Å². The second-order valence-electron chi connectivity index (χ2n) is 3.53. The van der Waals surface area contributed by atoms with Gasteiger partial charge in [0.1, 0.15) is 19.0 Å². The van der Waals surface area contributed by atoms with Crippen molar-refractivity contribution in [2.75, 3.05) is 25.3 Å². The predicted molar refractivity (Wildman–Crippen MR) is 59.7 cm³/mol. The molecule has 1 N–H and O–H groups in total. The molecule has 1 saturated heterocycles. The highest BCUT2D eigenvalue weighted by Crippen LogP contribution is 2.23. The maximum absolute atomic E-state index is 11.7. The molecule has 3 amide bonds. The summed E-state index contributed by atoms with van der Waals surface area (Å²) in [5.41, 5.74) is 0.597. The number of rotatable bonds is 3. The Hall–Kier alpha value is -2.08. The zero-order chi connectivity index (χ0) is 12.4. The van der Waals surface area contributed by atoms with Crippen LogP contribution in [-0.4, -0.2) is 42.3 Å². The molecule has 6 heteroatoms. The maximum Gasteiger partial charge on any atom is 0.333 e. The van der Waals surface area contributed by atoms with Gasteiger partial charge in [-0.15, -0.1) is 0 Å². The predicted octanol–water partition coefficient (Wildman–Crippen LogP) is 0.414. The molecule has 1 aromatic rings. The molecule has 0 unspecified atom stereocenters. The third kappa shape index (κ3) is 1.94. The number of urea groups is 1. The molecule has 1 aromatic carbocycles. The molecular formula is C11H12N2O4. The molecule has 0 radical (unpaired) electrons. The second kappa shape index (κ2) is 4.42. The lowest BCUT2D eigenvalue weighted by Gasteiger charge is -2.15. The average molecular weight is 236 g/mol. The normalized spacial score (nSPS) is 15.6. The first-order valence-electron chi connectivity index (χ1n) is 5.04. The number of aliphatic hydroxyl groups is 1. The van der Waals surface area contributed by atoms with Gasteiger partial charge in [0, 0.05) is 5.69 Å². The summed E-state index contributed by atoms with van der Waals surface area (Å²) in [6.45, 7) is -0.643. The number of nitrogens with zero attached hydrogens (tertiary/aromatic N) is 2. The van der Waals surface area contributed by atoms with E-state index >= 15 is 0 Å². The third-order valence-electron chi connectivity index (χ3n) is 2.58. The van der Waals surface area contributed by atoms with E-state index in [0.717, 1.165) is 4.90 Å². The molecular weight excluding hydrogens is 224 g/mol. The average Bonchev–Trinajstić information content (AvgIpc) is 2.64. The Morgan fingerprint density at radius 1 is 1.29 bits per heavy atom. The van der Waals surface area contributed by atoms with Crippen molar-refractivity contribution in [2.45, 2.75) is 0 Å². The van der Waals surface area contributed by atoms with Crippen LogP contribution in [0, 0.1) is 0 Å². The van der Waals surface area contributed by atoms with E-state index in [0.29, 0.717) is 11.4 Å². The van der Waals surface area contributed by atoms with Gasteiger partial charge in [-0.05, 0) is 24.3 Å². The minimum absolute atomic E-state index is 0.0499. The van der Waals surface area contributed by atoms with E-state index in [1.807, 2.05) is 0 Å². The van der Waals surface area contributed by atoms with E-state index in [1.54, 1.807) is 31.4 Å². The van der Waals surface area contributed by atoms with E-state index in [1.165, 1.54) is 4.90 Å². The summed E-state index contributed by atoms with van der Waals surface area (Å²) in [6, 6.07) is 6.27. The van der Waals surface area contributed by atoms with Crippen LogP contribution in [0.15, 0.2) is 24.3 Å². The van der Waals surface area contributed by atoms with Crippen molar-refractivity contribution < 1.29 is 19.4 Å². The molecule has 17 heavy (non-hydrogen) atoms. The summed E-state index contributed by atoms with van der Waals surface area (Å²) in [6.07, 6.45) is 0. The smallest absolute Gasteiger partial charge is 0.333 e. The SMILES string of the molecule is COc1ccc(N2CC(=O)N(CO)C2=O)cc1. The first-order valence-corrected chi connectivity index (χ1v) is 5.04. The van der Waals surface area contributed by atoms with Crippen molar-refractivity contribution in [2.24, 2.45) is 0 Å². The number of benzene rings is 1. The highest BCUT2D eigenvalue weighted by atomic mass is 16.5. The van der Waals surface area contributed by atoms with Crippen LogP contribution in [0.1, 0.15) is 0 Å². The number of methoxy groups -OCH3 is 1. The summed E-state index contributed by atoms with van der Waals surface area (Å²) in [4.78, 5) is 25.2. The van der Waals surface area contributed by atoms with Crippen LogP contribution in [0.25, 0.3) is 0 Å². The van der Waals surface area contributed by atoms with Gasteiger partial charge in [-0.3, -0.25) is 9.69 Å². The lowest BCUT2D eigenvalue weighted by Crippen LogP contribution is -2.33. The van der Waals surface area contributed by atoms with Crippen molar-refractivity contribution >= 4 is 17.6 Å². The van der Waals surface area contributed by atoms with Gasteiger partial charge in [0.05, 0.1) is 7.11 Å². The number of anilines is 1. The molecule has 0 aliphatic carbocycles. The van der Waals surface area contributed by atoms with Gasteiger partial charge in [-0.1, -0.05) is 0 Å².